The van der Waals surface area contributed by atoms with Gasteiger partial charge < -0.3 is 14.6 Å². The molecule has 1 saturated heterocycles. The van der Waals surface area contributed by atoms with E-state index < -0.39 is 23.2 Å². The minimum Gasteiger partial charge on any atom is -0.548 e. The summed E-state index contributed by atoms with van der Waals surface area (Å²) in [5, 5.41) is 11.8. The van der Waals surface area contributed by atoms with Crippen LogP contribution in [0.2, 0.25) is 0 Å². The number of carboxylic acids is 1. The van der Waals surface area contributed by atoms with Crippen molar-refractivity contribution in [2.24, 2.45) is 0 Å². The number of carbonyl (C=O) groups is 2. The topological polar surface area (TPSA) is 82.6 Å². The van der Waals surface area contributed by atoms with Crippen LogP contribution >= 0.6 is 0 Å². The first-order valence-electron chi connectivity index (χ1n) is 7.36. The van der Waals surface area contributed by atoms with Crippen molar-refractivity contribution < 1.29 is 19.4 Å². The predicted octanol–water partition coefficient (Wildman–Crippen LogP) is 1.14. The summed E-state index contributed by atoms with van der Waals surface area (Å²) in [6.45, 7) is 5.62. The van der Waals surface area contributed by atoms with Gasteiger partial charge in [0.1, 0.15) is 5.60 Å². The molecule has 0 aromatic carbocycles. The van der Waals surface area contributed by atoms with Crippen LogP contribution in [0.25, 0.3) is 0 Å². The van der Waals surface area contributed by atoms with Crippen molar-refractivity contribution in [3.63, 3.8) is 0 Å². The lowest BCUT2D eigenvalue weighted by Crippen LogP contribution is -2.60. The molecule has 1 aliphatic rings. The summed E-state index contributed by atoms with van der Waals surface area (Å²) in [5.41, 5.74) is -1.23. The number of likely N-dealkylation sites (tertiary alicyclic amines) is 1. The van der Waals surface area contributed by atoms with E-state index in [0.717, 1.165) is 5.56 Å². The van der Waals surface area contributed by atoms with Gasteiger partial charge in [-0.05, 0) is 51.3 Å². The van der Waals surface area contributed by atoms with Crippen LogP contribution in [0.1, 0.15) is 39.2 Å². The third kappa shape index (κ3) is 3.37. The number of pyridine rings is 1. The molecule has 1 aromatic rings. The van der Waals surface area contributed by atoms with Crippen LogP contribution in [-0.2, 0) is 16.0 Å². The second-order valence-electron chi connectivity index (χ2n) is 6.59. The fourth-order valence-electron chi connectivity index (χ4n) is 2.77. The molecule has 0 aliphatic carbocycles. The van der Waals surface area contributed by atoms with Crippen molar-refractivity contribution in [1.82, 2.24) is 9.88 Å². The van der Waals surface area contributed by atoms with Crippen molar-refractivity contribution in [3.8, 4) is 0 Å². The highest BCUT2D eigenvalue weighted by Crippen LogP contribution is 2.33. The molecule has 1 aliphatic heterocycles. The first-order chi connectivity index (χ1) is 10.2. The number of aromatic nitrogens is 1. The Balaban J connectivity index is 2.28. The zero-order valence-electron chi connectivity index (χ0n) is 13.2. The molecule has 22 heavy (non-hydrogen) atoms. The normalized spacial score (nSPS) is 21.7. The molecule has 2 rings (SSSR count). The highest BCUT2D eigenvalue weighted by atomic mass is 16.6. The highest BCUT2D eigenvalue weighted by molar-refractivity contribution is 5.84. The number of carboxylic acid groups (broad SMARTS) is 1. The molecular formula is C16H21N2O4-. The molecule has 6 nitrogen and oxygen atoms in total. The Morgan fingerprint density at radius 1 is 1.36 bits per heavy atom. The van der Waals surface area contributed by atoms with E-state index >= 15 is 0 Å². The van der Waals surface area contributed by atoms with Crippen molar-refractivity contribution in [1.29, 1.82) is 0 Å². The van der Waals surface area contributed by atoms with Gasteiger partial charge in [0.2, 0.25) is 0 Å². The van der Waals surface area contributed by atoms with Crippen molar-refractivity contribution in [3.05, 3.63) is 30.1 Å². The average molecular weight is 305 g/mol. The molecule has 0 bridgehead atoms. The van der Waals surface area contributed by atoms with E-state index in [1.54, 1.807) is 45.3 Å². The zero-order chi connectivity index (χ0) is 16.4. The summed E-state index contributed by atoms with van der Waals surface area (Å²) in [7, 11) is 0. The van der Waals surface area contributed by atoms with E-state index in [2.05, 4.69) is 4.98 Å². The maximum Gasteiger partial charge on any atom is 0.411 e. The lowest BCUT2D eigenvalue weighted by Gasteiger charge is -2.40. The minimum absolute atomic E-state index is 0.192. The molecule has 6 heteroatoms. The van der Waals surface area contributed by atoms with Crippen LogP contribution in [0.4, 0.5) is 4.79 Å². The number of aliphatic carboxylic acids is 1. The van der Waals surface area contributed by atoms with Crippen LogP contribution in [0, 0.1) is 0 Å². The Kier molecular flexibility index (Phi) is 4.39. The van der Waals surface area contributed by atoms with Gasteiger partial charge in [-0.3, -0.25) is 9.88 Å². The second-order valence-corrected chi connectivity index (χ2v) is 6.59. The predicted molar refractivity (Wildman–Crippen MR) is 77.9 cm³/mol. The number of hydrogen-bond acceptors (Lipinski definition) is 5. The SMILES string of the molecule is CC(C)(C)OC(=O)N1CCC[C@@]1(Cc1ccncc1)C(=O)[O-]. The maximum absolute atomic E-state index is 12.4. The number of rotatable bonds is 3. The van der Waals surface area contributed by atoms with Crippen molar-refractivity contribution >= 4 is 12.1 Å². The highest BCUT2D eigenvalue weighted by Gasteiger charge is 2.46. The summed E-state index contributed by atoms with van der Waals surface area (Å²) in [6.07, 6.45) is 3.76. The smallest absolute Gasteiger partial charge is 0.411 e. The monoisotopic (exact) mass is 305 g/mol. The third-order valence-electron chi connectivity index (χ3n) is 3.73. The summed E-state index contributed by atoms with van der Waals surface area (Å²) < 4.78 is 5.35. The van der Waals surface area contributed by atoms with Gasteiger partial charge in [0.15, 0.2) is 0 Å². The fraction of sp³-hybridized carbons (Fsp3) is 0.562. The van der Waals surface area contributed by atoms with E-state index in [1.165, 1.54) is 4.90 Å². The van der Waals surface area contributed by atoms with Gasteiger partial charge in [0, 0.05) is 25.4 Å². The third-order valence-corrected chi connectivity index (χ3v) is 3.73. The Labute approximate surface area is 130 Å². The fourth-order valence-corrected chi connectivity index (χ4v) is 2.77. The van der Waals surface area contributed by atoms with E-state index in [9.17, 15) is 14.7 Å². The molecular weight excluding hydrogens is 284 g/mol. The standard InChI is InChI=1S/C16H22N2O4/c1-15(2,3)22-14(21)18-10-4-7-16(18,13(19)20)11-12-5-8-17-9-6-12/h5-6,8-9H,4,7,10-11H2,1-3H3,(H,19,20)/p-1/t16-/m1/s1. The molecule has 0 spiro atoms. The molecule has 0 saturated carbocycles. The molecule has 1 atom stereocenters. The Bertz CT molecular complexity index is 553. The molecule has 120 valence electrons. The minimum atomic E-state index is -1.36. The number of ether oxygens (including phenoxy) is 1. The van der Waals surface area contributed by atoms with Gasteiger partial charge in [-0.15, -0.1) is 0 Å². The van der Waals surface area contributed by atoms with E-state index in [1.807, 2.05) is 0 Å². The molecule has 1 amide bonds. The van der Waals surface area contributed by atoms with E-state index in [-0.39, 0.29) is 6.42 Å². The zero-order valence-corrected chi connectivity index (χ0v) is 13.2. The largest absolute Gasteiger partial charge is 0.548 e. The van der Waals surface area contributed by atoms with Crippen LogP contribution in [-0.4, -0.2) is 39.6 Å². The lowest BCUT2D eigenvalue weighted by molar-refractivity contribution is -0.317. The molecule has 0 N–H and O–H groups in total. The van der Waals surface area contributed by atoms with Gasteiger partial charge >= 0.3 is 6.09 Å². The van der Waals surface area contributed by atoms with Gasteiger partial charge in [0.25, 0.3) is 0 Å². The molecule has 1 fully saturated rings. The molecule has 1 aromatic heterocycles. The Morgan fingerprint density at radius 2 is 2.00 bits per heavy atom. The Morgan fingerprint density at radius 3 is 2.55 bits per heavy atom. The van der Waals surface area contributed by atoms with Crippen molar-refractivity contribution in [2.45, 2.75) is 51.2 Å². The maximum atomic E-state index is 12.4. The summed E-state index contributed by atoms with van der Waals surface area (Å²) in [5.74, 6) is -1.24. The summed E-state index contributed by atoms with van der Waals surface area (Å²) in [4.78, 5) is 29.4. The van der Waals surface area contributed by atoms with Crippen LogP contribution in [0.15, 0.2) is 24.5 Å². The number of carbonyl (C=O) groups excluding carboxylic acids is 2. The molecule has 0 radical (unpaired) electrons. The van der Waals surface area contributed by atoms with Crippen LogP contribution in [0.5, 0.6) is 0 Å². The van der Waals surface area contributed by atoms with Gasteiger partial charge in [-0.1, -0.05) is 0 Å². The summed E-state index contributed by atoms with van der Waals surface area (Å²) in [6, 6.07) is 3.49. The molecule has 2 heterocycles. The van der Waals surface area contributed by atoms with Gasteiger partial charge in [0.05, 0.1) is 11.5 Å². The quantitative estimate of drug-likeness (QED) is 0.836. The van der Waals surface area contributed by atoms with E-state index in [4.69, 9.17) is 4.74 Å². The first kappa shape index (κ1) is 16.3. The average Bonchev–Trinajstić information content (AvgIpc) is 2.83. The number of hydrogen-bond donors (Lipinski definition) is 0. The van der Waals surface area contributed by atoms with Gasteiger partial charge in [-0.25, -0.2) is 4.79 Å². The van der Waals surface area contributed by atoms with Crippen LogP contribution in [0.3, 0.4) is 0 Å². The first-order valence-corrected chi connectivity index (χ1v) is 7.36. The van der Waals surface area contributed by atoms with Crippen LogP contribution < -0.4 is 5.11 Å². The lowest BCUT2D eigenvalue weighted by atomic mass is 9.88. The number of nitrogens with zero attached hydrogens (tertiary/aromatic N) is 2. The number of amides is 1. The van der Waals surface area contributed by atoms with E-state index in [0.29, 0.717) is 19.4 Å². The van der Waals surface area contributed by atoms with Gasteiger partial charge in [-0.2, -0.15) is 0 Å². The summed E-state index contributed by atoms with van der Waals surface area (Å²) >= 11 is 0. The second kappa shape index (κ2) is 5.94. The van der Waals surface area contributed by atoms with Crippen molar-refractivity contribution in [2.75, 3.05) is 6.54 Å². The Hall–Kier alpha value is -2.11. The molecule has 0 unspecified atom stereocenters.